The Morgan fingerprint density at radius 3 is 2.41 bits per heavy atom. The van der Waals surface area contributed by atoms with Crippen LogP contribution in [0.5, 0.6) is 0 Å². The van der Waals surface area contributed by atoms with Crippen molar-refractivity contribution >= 4 is 0 Å². The summed E-state index contributed by atoms with van der Waals surface area (Å²) in [5.74, 6) is 0.711. The molecule has 1 N–H and O–H groups in total. The summed E-state index contributed by atoms with van der Waals surface area (Å²) in [4.78, 5) is 0. The van der Waals surface area contributed by atoms with Gasteiger partial charge in [-0.15, -0.1) is 0 Å². The molecular weight excluding hydrogens is 412 g/mol. The maximum absolute atomic E-state index is 11.8. The van der Waals surface area contributed by atoms with Gasteiger partial charge in [0.15, 0.2) is 19.4 Å². The van der Waals surface area contributed by atoms with Crippen LogP contribution in [-0.2, 0) is 28.4 Å². The molecule has 7 nitrogen and oxygen atoms in total. The minimum Gasteiger partial charge on any atom is -0.393 e. The standard InChI is InChI=1S/C25H38O7/c1-21-7-8-23(28-9-10-29-23)11-16(21)3-4-17-18-5-6-24(22(18,2)12-19(26)20(17)21)25(32-15-30-24)13-27-14-31-25/h16-20,26H,3-15H2,1-2H3/t16?,17?,18?,19-,20?,21-,22-,24+,25?/m0/s1. The van der Waals surface area contributed by atoms with Crippen molar-refractivity contribution in [3.8, 4) is 0 Å². The molecule has 0 aromatic carbocycles. The van der Waals surface area contributed by atoms with Crippen LogP contribution in [0.3, 0.4) is 0 Å². The molecule has 7 heteroatoms. The van der Waals surface area contributed by atoms with Gasteiger partial charge in [-0.3, -0.25) is 0 Å². The molecule has 3 aliphatic heterocycles. The molecule has 0 aromatic heterocycles. The highest BCUT2D eigenvalue weighted by molar-refractivity contribution is 5.22. The number of ether oxygens (including phenoxy) is 6. The predicted molar refractivity (Wildman–Crippen MR) is 112 cm³/mol. The summed E-state index contributed by atoms with van der Waals surface area (Å²) in [5, 5.41) is 11.8. The van der Waals surface area contributed by atoms with Crippen molar-refractivity contribution in [3.05, 3.63) is 0 Å². The zero-order valence-corrected chi connectivity index (χ0v) is 19.5. The Balaban J connectivity index is 1.22. The molecule has 32 heavy (non-hydrogen) atoms. The molecule has 7 fully saturated rings. The fraction of sp³-hybridized carbons (Fsp3) is 1.00. The molecule has 4 aliphatic carbocycles. The third-order valence-electron chi connectivity index (χ3n) is 11.4. The fourth-order valence-electron chi connectivity index (χ4n) is 10.1. The summed E-state index contributed by atoms with van der Waals surface area (Å²) >= 11 is 0. The van der Waals surface area contributed by atoms with Gasteiger partial charge < -0.3 is 33.5 Å². The van der Waals surface area contributed by atoms with Crippen LogP contribution in [0.15, 0.2) is 0 Å². The molecule has 7 aliphatic rings. The van der Waals surface area contributed by atoms with E-state index in [-0.39, 0.29) is 36.3 Å². The van der Waals surface area contributed by atoms with E-state index in [4.69, 9.17) is 28.4 Å². The normalized spacial score (nSPS) is 58.4. The van der Waals surface area contributed by atoms with E-state index < -0.39 is 11.4 Å². The van der Waals surface area contributed by atoms with E-state index in [9.17, 15) is 5.11 Å². The largest absolute Gasteiger partial charge is 0.393 e. The van der Waals surface area contributed by atoms with Gasteiger partial charge in [-0.05, 0) is 67.6 Å². The maximum atomic E-state index is 11.8. The molecule has 5 unspecified atom stereocenters. The summed E-state index contributed by atoms with van der Waals surface area (Å²) in [6.07, 6.45) is 7.79. The Hall–Kier alpha value is -0.280. The Labute approximate surface area is 190 Å². The van der Waals surface area contributed by atoms with Crippen LogP contribution in [0, 0.1) is 34.5 Å². The van der Waals surface area contributed by atoms with E-state index in [1.54, 1.807) is 0 Å². The van der Waals surface area contributed by atoms with Crippen LogP contribution in [0.2, 0.25) is 0 Å². The molecule has 180 valence electrons. The van der Waals surface area contributed by atoms with Crippen molar-refractivity contribution in [1.82, 2.24) is 0 Å². The minimum atomic E-state index is -0.821. The Morgan fingerprint density at radius 1 is 0.812 bits per heavy atom. The van der Waals surface area contributed by atoms with Crippen LogP contribution in [0.25, 0.3) is 0 Å². The van der Waals surface area contributed by atoms with Crippen molar-refractivity contribution in [2.75, 3.05) is 33.4 Å². The number of fused-ring (bicyclic) bond motifs is 7. The number of aliphatic hydroxyl groups is 1. The van der Waals surface area contributed by atoms with Gasteiger partial charge in [-0.25, -0.2) is 0 Å². The first-order chi connectivity index (χ1) is 15.4. The lowest BCUT2D eigenvalue weighted by atomic mass is 9.43. The lowest BCUT2D eigenvalue weighted by Gasteiger charge is -2.64. The zero-order valence-electron chi connectivity index (χ0n) is 19.5. The summed E-state index contributed by atoms with van der Waals surface area (Å²) in [5.41, 5.74) is -0.584. The average molecular weight is 451 g/mol. The van der Waals surface area contributed by atoms with Gasteiger partial charge in [-0.1, -0.05) is 13.8 Å². The van der Waals surface area contributed by atoms with Crippen molar-refractivity contribution in [3.63, 3.8) is 0 Å². The van der Waals surface area contributed by atoms with Crippen molar-refractivity contribution in [2.45, 2.75) is 88.5 Å². The highest BCUT2D eigenvalue weighted by atomic mass is 16.9. The summed E-state index contributed by atoms with van der Waals surface area (Å²) < 4.78 is 36.5. The Morgan fingerprint density at radius 2 is 1.62 bits per heavy atom. The van der Waals surface area contributed by atoms with Crippen LogP contribution < -0.4 is 0 Å². The minimum absolute atomic E-state index is 0.137. The smallest absolute Gasteiger partial charge is 0.226 e. The lowest BCUT2D eigenvalue weighted by molar-refractivity contribution is -0.272. The highest BCUT2D eigenvalue weighted by Crippen LogP contribution is 2.72. The molecule has 3 saturated heterocycles. The first-order valence-electron chi connectivity index (χ1n) is 12.8. The van der Waals surface area contributed by atoms with Gasteiger partial charge in [0, 0.05) is 18.3 Å². The van der Waals surface area contributed by atoms with Gasteiger partial charge in [0.05, 0.1) is 19.3 Å². The van der Waals surface area contributed by atoms with Gasteiger partial charge in [0.1, 0.15) is 12.2 Å². The molecule has 0 aromatic rings. The van der Waals surface area contributed by atoms with Gasteiger partial charge in [0.25, 0.3) is 0 Å². The number of aliphatic hydroxyl groups excluding tert-OH is 1. The summed E-state index contributed by atoms with van der Waals surface area (Å²) in [7, 11) is 0. The van der Waals surface area contributed by atoms with E-state index in [1.165, 1.54) is 12.8 Å². The number of hydrogen-bond donors (Lipinski definition) is 1. The quantitative estimate of drug-likeness (QED) is 0.607. The predicted octanol–water partition coefficient (Wildman–Crippen LogP) is 3.19. The van der Waals surface area contributed by atoms with Crippen molar-refractivity contribution in [1.29, 1.82) is 0 Å². The van der Waals surface area contributed by atoms with Gasteiger partial charge in [-0.2, -0.15) is 0 Å². The van der Waals surface area contributed by atoms with E-state index in [0.29, 0.717) is 30.3 Å². The van der Waals surface area contributed by atoms with Crippen molar-refractivity contribution in [2.24, 2.45) is 34.5 Å². The first-order valence-corrected chi connectivity index (χ1v) is 12.8. The van der Waals surface area contributed by atoms with E-state index in [1.807, 2.05) is 0 Å². The fourth-order valence-corrected chi connectivity index (χ4v) is 10.1. The van der Waals surface area contributed by atoms with E-state index >= 15 is 0 Å². The van der Waals surface area contributed by atoms with Crippen molar-refractivity contribution < 1.29 is 33.5 Å². The van der Waals surface area contributed by atoms with E-state index in [2.05, 4.69) is 13.8 Å². The zero-order chi connectivity index (χ0) is 21.8. The molecule has 0 radical (unpaired) electrons. The van der Waals surface area contributed by atoms with Gasteiger partial charge >= 0.3 is 0 Å². The lowest BCUT2D eigenvalue weighted by Crippen LogP contribution is -2.67. The second kappa shape index (κ2) is 6.68. The molecule has 9 atom stereocenters. The molecule has 0 bridgehead atoms. The third-order valence-corrected chi connectivity index (χ3v) is 11.4. The molecule has 4 saturated carbocycles. The molecule has 7 rings (SSSR count). The summed E-state index contributed by atoms with van der Waals surface area (Å²) in [6, 6.07) is 0. The van der Waals surface area contributed by atoms with Crippen LogP contribution >= 0.6 is 0 Å². The molecular formula is C25H38O7. The third kappa shape index (κ3) is 2.37. The average Bonchev–Trinajstić information content (AvgIpc) is 3.54. The topological polar surface area (TPSA) is 75.6 Å². The Kier molecular flexibility index (Phi) is 4.39. The SMILES string of the molecule is C[C@]12CCC3(CC1CCC1C2[C@@H](O)C[C@@]2(C)C1CC[C@@]21OCOC12COCO2)OCCO3. The molecule has 3 spiro atoms. The summed E-state index contributed by atoms with van der Waals surface area (Å²) in [6.45, 7) is 7.15. The highest BCUT2D eigenvalue weighted by Gasteiger charge is 2.77. The molecule has 3 heterocycles. The van der Waals surface area contributed by atoms with Gasteiger partial charge in [0.2, 0.25) is 5.79 Å². The first kappa shape index (κ1) is 21.0. The van der Waals surface area contributed by atoms with Crippen LogP contribution in [0.4, 0.5) is 0 Å². The van der Waals surface area contributed by atoms with E-state index in [0.717, 1.165) is 51.7 Å². The number of hydrogen-bond acceptors (Lipinski definition) is 7. The number of rotatable bonds is 0. The second-order valence-electron chi connectivity index (χ2n) is 12.2. The monoisotopic (exact) mass is 450 g/mol. The second-order valence-corrected chi connectivity index (χ2v) is 12.2. The Bertz CT molecular complexity index is 771. The molecule has 0 amide bonds. The maximum Gasteiger partial charge on any atom is 0.226 e. The van der Waals surface area contributed by atoms with Crippen LogP contribution in [-0.4, -0.2) is 61.8 Å². The van der Waals surface area contributed by atoms with Crippen LogP contribution in [0.1, 0.15) is 65.2 Å².